The average molecular weight is 393 g/mol. The third kappa shape index (κ3) is 4.04. The molecule has 0 atom stereocenters. The number of nitrogens with zero attached hydrogens (tertiary/aromatic N) is 2. The highest BCUT2D eigenvalue weighted by Gasteiger charge is 2.12. The van der Waals surface area contributed by atoms with Crippen molar-refractivity contribution in [3.63, 3.8) is 0 Å². The smallest absolute Gasteiger partial charge is 0.0734 e. The SMILES string of the molecule is Cc1cccc(-c2ncc(Cc3ccc(-c4cccc(C)n4)cc3C)c(C)c2C)c1. The van der Waals surface area contributed by atoms with Crippen LogP contribution in [-0.2, 0) is 6.42 Å². The predicted molar refractivity (Wildman–Crippen MR) is 126 cm³/mol. The molecule has 0 unspecified atom stereocenters. The lowest BCUT2D eigenvalue weighted by Gasteiger charge is -2.15. The summed E-state index contributed by atoms with van der Waals surface area (Å²) >= 11 is 0. The minimum Gasteiger partial charge on any atom is -0.256 e. The Labute approximate surface area is 179 Å². The van der Waals surface area contributed by atoms with Crippen molar-refractivity contribution in [1.82, 2.24) is 9.97 Å². The number of pyridine rings is 2. The molecule has 0 fully saturated rings. The molecule has 0 radical (unpaired) electrons. The van der Waals surface area contributed by atoms with Crippen molar-refractivity contribution in [3.8, 4) is 22.5 Å². The van der Waals surface area contributed by atoms with Gasteiger partial charge < -0.3 is 0 Å². The second-order valence-corrected chi connectivity index (χ2v) is 8.23. The van der Waals surface area contributed by atoms with E-state index in [-0.39, 0.29) is 0 Å². The maximum absolute atomic E-state index is 4.84. The highest BCUT2D eigenvalue weighted by atomic mass is 14.7. The molecule has 4 rings (SSSR count). The lowest BCUT2D eigenvalue weighted by molar-refractivity contribution is 1.07. The van der Waals surface area contributed by atoms with Crippen LogP contribution in [0.25, 0.3) is 22.5 Å². The molecule has 150 valence electrons. The number of hydrogen-bond donors (Lipinski definition) is 0. The number of aryl methyl sites for hydroxylation is 3. The first-order valence-corrected chi connectivity index (χ1v) is 10.5. The molecular weight excluding hydrogens is 364 g/mol. The highest BCUT2D eigenvalue weighted by Crippen LogP contribution is 2.28. The van der Waals surface area contributed by atoms with Gasteiger partial charge in [-0.3, -0.25) is 9.97 Å². The molecule has 2 heteroatoms. The quantitative estimate of drug-likeness (QED) is 0.376. The van der Waals surface area contributed by atoms with E-state index in [9.17, 15) is 0 Å². The number of hydrogen-bond acceptors (Lipinski definition) is 2. The zero-order valence-electron chi connectivity index (χ0n) is 18.5. The fourth-order valence-corrected chi connectivity index (χ4v) is 3.98. The minimum absolute atomic E-state index is 0.890. The average Bonchev–Trinajstić information content (AvgIpc) is 2.73. The van der Waals surface area contributed by atoms with Gasteiger partial charge in [-0.25, -0.2) is 0 Å². The van der Waals surface area contributed by atoms with E-state index in [0.717, 1.165) is 23.5 Å². The summed E-state index contributed by atoms with van der Waals surface area (Å²) in [6, 6.07) is 21.4. The van der Waals surface area contributed by atoms with E-state index < -0.39 is 0 Å². The van der Waals surface area contributed by atoms with Gasteiger partial charge >= 0.3 is 0 Å². The van der Waals surface area contributed by atoms with Gasteiger partial charge in [0.05, 0.1) is 11.4 Å². The summed E-state index contributed by atoms with van der Waals surface area (Å²) in [5.41, 5.74) is 13.3. The molecule has 0 spiro atoms. The molecule has 0 bridgehead atoms. The summed E-state index contributed by atoms with van der Waals surface area (Å²) in [6.45, 7) is 10.7. The van der Waals surface area contributed by atoms with Gasteiger partial charge in [0, 0.05) is 23.0 Å². The first-order valence-electron chi connectivity index (χ1n) is 10.5. The summed E-state index contributed by atoms with van der Waals surface area (Å²) in [5.74, 6) is 0. The first-order chi connectivity index (χ1) is 14.4. The Morgan fingerprint density at radius 2 is 1.50 bits per heavy atom. The van der Waals surface area contributed by atoms with Crippen molar-refractivity contribution in [2.45, 2.75) is 41.0 Å². The lowest BCUT2D eigenvalue weighted by atomic mass is 9.93. The molecule has 30 heavy (non-hydrogen) atoms. The second kappa shape index (κ2) is 8.23. The Hall–Kier alpha value is -3.26. The first kappa shape index (κ1) is 20.0. The molecule has 0 saturated heterocycles. The van der Waals surface area contributed by atoms with Crippen LogP contribution in [0.2, 0.25) is 0 Å². The van der Waals surface area contributed by atoms with Crippen LogP contribution >= 0.6 is 0 Å². The molecule has 2 heterocycles. The van der Waals surface area contributed by atoms with Crippen molar-refractivity contribution in [2.24, 2.45) is 0 Å². The molecule has 2 aromatic carbocycles. The van der Waals surface area contributed by atoms with Gasteiger partial charge in [-0.1, -0.05) is 42.0 Å². The van der Waals surface area contributed by atoms with E-state index >= 15 is 0 Å². The molecule has 0 amide bonds. The Morgan fingerprint density at radius 3 is 2.23 bits per heavy atom. The maximum atomic E-state index is 4.84. The van der Waals surface area contributed by atoms with Crippen LogP contribution in [0, 0.1) is 34.6 Å². The third-order valence-corrected chi connectivity index (χ3v) is 5.95. The zero-order valence-corrected chi connectivity index (χ0v) is 18.5. The number of benzene rings is 2. The summed E-state index contributed by atoms with van der Waals surface area (Å²) in [5, 5.41) is 0. The van der Waals surface area contributed by atoms with Crippen molar-refractivity contribution in [3.05, 3.63) is 106 Å². The van der Waals surface area contributed by atoms with Gasteiger partial charge in [-0.05, 0) is 93.1 Å². The molecule has 0 saturated carbocycles. The maximum Gasteiger partial charge on any atom is 0.0734 e. The van der Waals surface area contributed by atoms with Crippen LogP contribution in [0.4, 0.5) is 0 Å². The van der Waals surface area contributed by atoms with Gasteiger partial charge in [0.25, 0.3) is 0 Å². The molecular formula is C28H28N2. The Bertz CT molecular complexity index is 1220. The monoisotopic (exact) mass is 392 g/mol. The fraction of sp³-hybridized carbons (Fsp3) is 0.214. The fourth-order valence-electron chi connectivity index (χ4n) is 3.98. The van der Waals surface area contributed by atoms with Crippen molar-refractivity contribution < 1.29 is 0 Å². The third-order valence-electron chi connectivity index (χ3n) is 5.95. The number of aromatic nitrogens is 2. The Kier molecular flexibility index (Phi) is 5.50. The van der Waals surface area contributed by atoms with Crippen LogP contribution < -0.4 is 0 Å². The van der Waals surface area contributed by atoms with Crippen molar-refractivity contribution >= 4 is 0 Å². The summed E-state index contributed by atoms with van der Waals surface area (Å²) in [6.07, 6.45) is 2.94. The second-order valence-electron chi connectivity index (χ2n) is 8.23. The molecule has 4 aromatic rings. The minimum atomic E-state index is 0.890. The molecule has 2 nitrogen and oxygen atoms in total. The van der Waals surface area contributed by atoms with Crippen molar-refractivity contribution in [1.29, 1.82) is 0 Å². The van der Waals surface area contributed by atoms with Crippen LogP contribution in [-0.4, -0.2) is 9.97 Å². The van der Waals surface area contributed by atoms with E-state index in [4.69, 9.17) is 4.98 Å². The highest BCUT2D eigenvalue weighted by molar-refractivity contribution is 5.66. The van der Waals surface area contributed by atoms with Crippen LogP contribution in [0.1, 0.15) is 39.1 Å². The zero-order chi connectivity index (χ0) is 21.3. The number of rotatable bonds is 4. The standard InChI is InChI=1S/C28H28N2/c1-18-8-6-10-25(14-18)28-22(5)21(4)26(17-29-28)16-23-12-13-24(15-19(23)2)27-11-7-9-20(3)30-27/h6-15,17H,16H2,1-5H3. The van der Waals surface area contributed by atoms with Gasteiger partial charge in [-0.15, -0.1) is 0 Å². The Balaban J connectivity index is 1.64. The molecule has 2 aromatic heterocycles. The van der Waals surface area contributed by atoms with Crippen LogP contribution in [0.5, 0.6) is 0 Å². The van der Waals surface area contributed by atoms with Crippen molar-refractivity contribution in [2.75, 3.05) is 0 Å². The Morgan fingerprint density at radius 1 is 0.700 bits per heavy atom. The largest absolute Gasteiger partial charge is 0.256 e. The topological polar surface area (TPSA) is 25.8 Å². The molecule has 0 aliphatic rings. The van der Waals surface area contributed by atoms with Crippen LogP contribution in [0.15, 0.2) is 66.9 Å². The van der Waals surface area contributed by atoms with E-state index in [1.807, 2.05) is 13.0 Å². The van der Waals surface area contributed by atoms with E-state index in [2.05, 4.69) is 93.5 Å². The van der Waals surface area contributed by atoms with Gasteiger partial charge in [0.2, 0.25) is 0 Å². The predicted octanol–water partition coefficient (Wildman–Crippen LogP) is 6.94. The van der Waals surface area contributed by atoms with Gasteiger partial charge in [0.1, 0.15) is 0 Å². The summed E-state index contributed by atoms with van der Waals surface area (Å²) in [4.78, 5) is 9.50. The molecule has 0 aliphatic carbocycles. The van der Waals surface area contributed by atoms with Gasteiger partial charge in [-0.2, -0.15) is 0 Å². The van der Waals surface area contributed by atoms with E-state index in [0.29, 0.717) is 0 Å². The van der Waals surface area contributed by atoms with E-state index in [1.54, 1.807) is 0 Å². The normalized spacial score (nSPS) is 11.0. The van der Waals surface area contributed by atoms with Gasteiger partial charge in [0.15, 0.2) is 0 Å². The van der Waals surface area contributed by atoms with Crippen LogP contribution in [0.3, 0.4) is 0 Å². The lowest BCUT2D eigenvalue weighted by Crippen LogP contribution is -2.01. The summed E-state index contributed by atoms with van der Waals surface area (Å²) < 4.78 is 0. The summed E-state index contributed by atoms with van der Waals surface area (Å²) in [7, 11) is 0. The molecule has 0 N–H and O–H groups in total. The van der Waals surface area contributed by atoms with E-state index in [1.165, 1.54) is 44.5 Å². The molecule has 0 aliphatic heterocycles.